The Balaban J connectivity index is 2.21. The van der Waals surface area contributed by atoms with Crippen molar-refractivity contribution in [3.8, 4) is 0 Å². The lowest BCUT2D eigenvalue weighted by atomic mass is 10.1. The summed E-state index contributed by atoms with van der Waals surface area (Å²) >= 11 is 0. The molecule has 0 saturated carbocycles. The number of aliphatic hydroxyl groups is 1. The van der Waals surface area contributed by atoms with E-state index in [9.17, 15) is 13.2 Å². The predicted molar refractivity (Wildman–Crippen MR) is 100 cm³/mol. The van der Waals surface area contributed by atoms with Crippen molar-refractivity contribution in [1.82, 2.24) is 5.32 Å². The molecule has 8 heteroatoms. The first kappa shape index (κ1) is 19.9. The van der Waals surface area contributed by atoms with Gasteiger partial charge in [0.15, 0.2) is 9.84 Å². The highest BCUT2D eigenvalue weighted by Gasteiger charge is 2.21. The molecule has 0 radical (unpaired) electrons. The van der Waals surface area contributed by atoms with Crippen LogP contribution in [0.25, 0.3) is 0 Å². The van der Waals surface area contributed by atoms with E-state index in [1.807, 2.05) is 6.07 Å². The Labute approximate surface area is 153 Å². The number of aliphatic hydroxyl groups excluding tert-OH is 1. The van der Waals surface area contributed by atoms with Gasteiger partial charge in [0.1, 0.15) is 0 Å². The van der Waals surface area contributed by atoms with E-state index in [0.717, 1.165) is 0 Å². The van der Waals surface area contributed by atoms with Gasteiger partial charge in [-0.15, -0.1) is 0 Å². The molecule has 0 bridgehead atoms. The fourth-order valence-electron chi connectivity index (χ4n) is 2.61. The molecule has 1 unspecified atom stereocenters. The van der Waals surface area contributed by atoms with Gasteiger partial charge in [0.25, 0.3) is 5.91 Å². The molecule has 7 nitrogen and oxygen atoms in total. The van der Waals surface area contributed by atoms with Crippen LogP contribution in [0.15, 0.2) is 53.4 Å². The molecule has 0 saturated heterocycles. The number of carbonyl (C=O) groups is 1. The van der Waals surface area contributed by atoms with Crippen LogP contribution in [0, 0.1) is 0 Å². The number of nitrogen functional groups attached to an aromatic ring is 1. The molecule has 2 aromatic carbocycles. The largest absolute Gasteiger partial charge is 0.395 e. The first-order valence-corrected chi connectivity index (χ1v) is 9.81. The SMILES string of the molecule is CC(Cc1ccc(NN)cc1S(=O)(=O)CCO)NC(=O)c1ccccc1. The minimum Gasteiger partial charge on any atom is -0.395 e. The zero-order valence-electron chi connectivity index (χ0n) is 14.5. The van der Waals surface area contributed by atoms with E-state index in [4.69, 9.17) is 10.9 Å². The highest BCUT2D eigenvalue weighted by atomic mass is 32.2. The summed E-state index contributed by atoms with van der Waals surface area (Å²) in [4.78, 5) is 12.3. The topological polar surface area (TPSA) is 122 Å². The lowest BCUT2D eigenvalue weighted by Gasteiger charge is -2.17. The fraction of sp³-hybridized carbons (Fsp3) is 0.278. The monoisotopic (exact) mass is 377 g/mol. The maximum Gasteiger partial charge on any atom is 0.251 e. The van der Waals surface area contributed by atoms with Crippen molar-refractivity contribution in [1.29, 1.82) is 0 Å². The van der Waals surface area contributed by atoms with Gasteiger partial charge < -0.3 is 15.8 Å². The molecule has 0 fully saturated rings. The number of amides is 1. The Morgan fingerprint density at radius 2 is 1.88 bits per heavy atom. The van der Waals surface area contributed by atoms with Crippen LogP contribution < -0.4 is 16.6 Å². The quantitative estimate of drug-likeness (QED) is 0.404. The van der Waals surface area contributed by atoms with E-state index in [1.165, 1.54) is 6.07 Å². The minimum absolute atomic E-state index is 0.0998. The Hall–Kier alpha value is -2.42. The number of anilines is 1. The fourth-order valence-corrected chi connectivity index (χ4v) is 3.93. The van der Waals surface area contributed by atoms with Gasteiger partial charge in [0, 0.05) is 17.3 Å². The number of hydrogen-bond donors (Lipinski definition) is 4. The van der Waals surface area contributed by atoms with Crippen LogP contribution in [0.3, 0.4) is 0 Å². The summed E-state index contributed by atoms with van der Waals surface area (Å²) in [7, 11) is -3.66. The number of hydrogen-bond acceptors (Lipinski definition) is 6. The van der Waals surface area contributed by atoms with Gasteiger partial charge in [0.05, 0.1) is 17.3 Å². The number of nitrogens with two attached hydrogens (primary N) is 1. The van der Waals surface area contributed by atoms with Crippen LogP contribution in [0.1, 0.15) is 22.8 Å². The molecule has 140 valence electrons. The zero-order chi connectivity index (χ0) is 19.2. The van der Waals surface area contributed by atoms with E-state index in [2.05, 4.69) is 10.7 Å². The van der Waals surface area contributed by atoms with E-state index >= 15 is 0 Å². The molecule has 2 rings (SSSR count). The average Bonchev–Trinajstić information content (AvgIpc) is 2.62. The average molecular weight is 377 g/mol. The van der Waals surface area contributed by atoms with E-state index in [-0.39, 0.29) is 22.6 Å². The molecule has 5 N–H and O–H groups in total. The molecule has 26 heavy (non-hydrogen) atoms. The predicted octanol–water partition coefficient (Wildman–Crippen LogP) is 1.10. The zero-order valence-corrected chi connectivity index (χ0v) is 15.3. The summed E-state index contributed by atoms with van der Waals surface area (Å²) < 4.78 is 24.9. The number of sulfone groups is 1. The molecule has 0 aliphatic rings. The van der Waals surface area contributed by atoms with Crippen LogP contribution in [0.2, 0.25) is 0 Å². The summed E-state index contributed by atoms with van der Waals surface area (Å²) in [6, 6.07) is 13.3. The number of rotatable bonds is 8. The first-order valence-electron chi connectivity index (χ1n) is 8.16. The molecule has 0 aliphatic heterocycles. The van der Waals surface area contributed by atoms with Gasteiger partial charge in [-0.2, -0.15) is 0 Å². The van der Waals surface area contributed by atoms with Gasteiger partial charge in [-0.1, -0.05) is 24.3 Å². The molecule has 2 aromatic rings. The van der Waals surface area contributed by atoms with E-state index in [1.54, 1.807) is 43.3 Å². The van der Waals surface area contributed by atoms with Crippen LogP contribution in [0.4, 0.5) is 5.69 Å². The van der Waals surface area contributed by atoms with Crippen molar-refractivity contribution in [2.75, 3.05) is 17.8 Å². The highest BCUT2D eigenvalue weighted by Crippen LogP contribution is 2.23. The van der Waals surface area contributed by atoms with Crippen molar-refractivity contribution >= 4 is 21.4 Å². The maximum atomic E-state index is 12.4. The Bertz CT molecular complexity index is 854. The maximum absolute atomic E-state index is 12.4. The molecular formula is C18H23N3O4S. The molecule has 0 heterocycles. The lowest BCUT2D eigenvalue weighted by molar-refractivity contribution is 0.0940. The molecule has 1 amide bonds. The van der Waals surface area contributed by atoms with Crippen LogP contribution >= 0.6 is 0 Å². The Kier molecular flexibility index (Phi) is 6.73. The normalized spacial score (nSPS) is 12.4. The lowest BCUT2D eigenvalue weighted by Crippen LogP contribution is -2.34. The molecule has 0 aliphatic carbocycles. The van der Waals surface area contributed by atoms with Gasteiger partial charge >= 0.3 is 0 Å². The Morgan fingerprint density at radius 1 is 1.19 bits per heavy atom. The van der Waals surface area contributed by atoms with Gasteiger partial charge in [0.2, 0.25) is 0 Å². The summed E-state index contributed by atoms with van der Waals surface area (Å²) in [5.74, 6) is 4.77. The van der Waals surface area contributed by atoms with Crippen molar-refractivity contribution in [3.05, 3.63) is 59.7 Å². The smallest absolute Gasteiger partial charge is 0.251 e. The van der Waals surface area contributed by atoms with E-state index in [0.29, 0.717) is 23.2 Å². The van der Waals surface area contributed by atoms with Crippen molar-refractivity contribution in [2.24, 2.45) is 5.84 Å². The molecular weight excluding hydrogens is 354 g/mol. The van der Waals surface area contributed by atoms with E-state index < -0.39 is 16.4 Å². The Morgan fingerprint density at radius 3 is 2.50 bits per heavy atom. The van der Waals surface area contributed by atoms with Crippen LogP contribution in [0.5, 0.6) is 0 Å². The van der Waals surface area contributed by atoms with Gasteiger partial charge in [-0.3, -0.25) is 10.6 Å². The second-order valence-electron chi connectivity index (χ2n) is 5.95. The second-order valence-corrected chi connectivity index (χ2v) is 8.03. The molecule has 0 spiro atoms. The highest BCUT2D eigenvalue weighted by molar-refractivity contribution is 7.91. The standard InChI is InChI=1S/C18H23N3O4S/c1-13(20-18(23)14-5-3-2-4-6-14)11-15-7-8-16(21-19)12-17(15)26(24,25)10-9-22/h2-8,12-13,21-22H,9-11,19H2,1H3,(H,20,23). The third kappa shape index (κ3) is 5.04. The van der Waals surface area contributed by atoms with Crippen molar-refractivity contribution in [3.63, 3.8) is 0 Å². The summed E-state index contributed by atoms with van der Waals surface area (Å²) in [6.45, 7) is 1.33. The summed E-state index contributed by atoms with van der Waals surface area (Å²) in [5, 5.41) is 11.9. The number of carbonyl (C=O) groups excluding carboxylic acids is 1. The summed E-state index contributed by atoms with van der Waals surface area (Å²) in [5.41, 5.74) is 3.96. The summed E-state index contributed by atoms with van der Waals surface area (Å²) in [6.07, 6.45) is 0.323. The number of hydrazine groups is 1. The molecule has 1 atom stereocenters. The van der Waals surface area contributed by atoms with Gasteiger partial charge in [-0.25, -0.2) is 8.42 Å². The minimum atomic E-state index is -3.66. The van der Waals surface area contributed by atoms with Crippen molar-refractivity contribution < 1.29 is 18.3 Å². The number of benzene rings is 2. The molecule has 0 aromatic heterocycles. The van der Waals surface area contributed by atoms with Crippen LogP contribution in [-0.4, -0.2) is 37.8 Å². The van der Waals surface area contributed by atoms with Crippen LogP contribution in [-0.2, 0) is 16.3 Å². The second kappa shape index (κ2) is 8.79. The van der Waals surface area contributed by atoms with Gasteiger partial charge in [-0.05, 0) is 43.2 Å². The third-order valence-corrected chi connectivity index (χ3v) is 5.64. The van der Waals surface area contributed by atoms with Crippen molar-refractivity contribution in [2.45, 2.75) is 24.3 Å². The number of nitrogens with one attached hydrogen (secondary N) is 2. The first-order chi connectivity index (χ1) is 12.4. The third-order valence-electron chi connectivity index (χ3n) is 3.87.